The molecule has 2 aromatic heterocycles. The Labute approximate surface area is 99.8 Å². The normalized spacial score (nSPS) is 11.8. The van der Waals surface area contributed by atoms with Gasteiger partial charge in [-0.3, -0.25) is 0 Å². The molecule has 4 nitrogen and oxygen atoms in total. The minimum absolute atomic E-state index is 0.105. The molecule has 18 heavy (non-hydrogen) atoms. The van der Waals surface area contributed by atoms with Crippen LogP contribution in [0.2, 0.25) is 0 Å². The van der Waals surface area contributed by atoms with Gasteiger partial charge >= 0.3 is 12.1 Å². The van der Waals surface area contributed by atoms with Crippen molar-refractivity contribution in [2.24, 2.45) is 0 Å². The van der Waals surface area contributed by atoms with Crippen molar-refractivity contribution in [3.63, 3.8) is 0 Å². The number of hydrogen-bond donors (Lipinski definition) is 1. The quantitative estimate of drug-likeness (QED) is 0.842. The molecule has 96 valence electrons. The minimum Gasteiger partial charge on any atom is -0.461 e. The fourth-order valence-electron chi connectivity index (χ4n) is 1.51. The van der Waals surface area contributed by atoms with Gasteiger partial charge in [-0.1, -0.05) is 0 Å². The molecule has 0 aromatic carbocycles. The minimum atomic E-state index is -4.50. The lowest BCUT2D eigenvalue weighted by molar-refractivity contribution is -0.141. The van der Waals surface area contributed by atoms with Gasteiger partial charge in [0.2, 0.25) is 0 Å². The van der Waals surface area contributed by atoms with Gasteiger partial charge in [0.1, 0.15) is 11.4 Å². The average Bonchev–Trinajstić information content (AvgIpc) is 2.70. The number of ether oxygens (including phenoxy) is 1. The van der Waals surface area contributed by atoms with Crippen LogP contribution in [0.15, 0.2) is 18.3 Å². The number of alkyl halides is 3. The predicted molar refractivity (Wildman–Crippen MR) is 57.1 cm³/mol. The van der Waals surface area contributed by atoms with E-state index in [9.17, 15) is 18.0 Å². The first-order chi connectivity index (χ1) is 8.41. The van der Waals surface area contributed by atoms with E-state index < -0.39 is 17.8 Å². The van der Waals surface area contributed by atoms with Crippen molar-refractivity contribution in [1.29, 1.82) is 0 Å². The lowest BCUT2D eigenvalue weighted by Crippen LogP contribution is -2.06. The average molecular weight is 258 g/mol. The summed E-state index contributed by atoms with van der Waals surface area (Å²) in [6.07, 6.45) is -3.46. The largest absolute Gasteiger partial charge is 0.461 e. The lowest BCUT2D eigenvalue weighted by atomic mass is 10.2. The standard InChI is InChI=1S/C11H9F3N2O2/c1-2-18-10(17)7-3-6-4-9(11(12,13)14)15-5-8(6)16-7/h3-5,16H,2H2,1H3. The van der Waals surface area contributed by atoms with E-state index in [4.69, 9.17) is 4.74 Å². The number of rotatable bonds is 2. The van der Waals surface area contributed by atoms with E-state index in [1.54, 1.807) is 6.92 Å². The Morgan fingerprint density at radius 3 is 2.78 bits per heavy atom. The highest BCUT2D eigenvalue weighted by molar-refractivity contribution is 5.94. The number of hydrogen-bond acceptors (Lipinski definition) is 3. The summed E-state index contributed by atoms with van der Waals surface area (Å²) in [5.74, 6) is -0.609. The lowest BCUT2D eigenvalue weighted by Gasteiger charge is -2.04. The Morgan fingerprint density at radius 2 is 2.17 bits per heavy atom. The number of halogens is 3. The van der Waals surface area contributed by atoms with Crippen molar-refractivity contribution in [1.82, 2.24) is 9.97 Å². The van der Waals surface area contributed by atoms with Crippen molar-refractivity contribution >= 4 is 16.9 Å². The highest BCUT2D eigenvalue weighted by Crippen LogP contribution is 2.29. The number of aromatic nitrogens is 2. The fraction of sp³-hybridized carbons (Fsp3) is 0.273. The Hall–Kier alpha value is -2.05. The summed E-state index contributed by atoms with van der Waals surface area (Å²) in [7, 11) is 0. The topological polar surface area (TPSA) is 55.0 Å². The molecule has 1 N–H and O–H groups in total. The van der Waals surface area contributed by atoms with Crippen LogP contribution in [-0.2, 0) is 10.9 Å². The van der Waals surface area contributed by atoms with E-state index in [1.807, 2.05) is 0 Å². The molecule has 0 saturated heterocycles. The predicted octanol–water partition coefficient (Wildman–Crippen LogP) is 2.76. The summed E-state index contributed by atoms with van der Waals surface area (Å²) in [4.78, 5) is 17.3. The summed E-state index contributed by atoms with van der Waals surface area (Å²) in [6.45, 7) is 1.84. The Morgan fingerprint density at radius 1 is 1.44 bits per heavy atom. The number of nitrogens with zero attached hydrogens (tertiary/aromatic N) is 1. The third-order valence-electron chi connectivity index (χ3n) is 2.29. The van der Waals surface area contributed by atoms with E-state index >= 15 is 0 Å². The van der Waals surface area contributed by atoms with Gasteiger partial charge in [-0.05, 0) is 19.1 Å². The molecule has 0 aliphatic rings. The molecule has 2 rings (SSSR count). The second-order valence-corrected chi connectivity index (χ2v) is 3.56. The number of carbonyl (C=O) groups is 1. The first kappa shape index (κ1) is 12.4. The van der Waals surface area contributed by atoms with Gasteiger partial charge < -0.3 is 9.72 Å². The second kappa shape index (κ2) is 4.32. The van der Waals surface area contributed by atoms with Crippen molar-refractivity contribution in [2.45, 2.75) is 13.1 Å². The van der Waals surface area contributed by atoms with Gasteiger partial charge in [-0.25, -0.2) is 9.78 Å². The van der Waals surface area contributed by atoms with Crippen molar-refractivity contribution in [3.8, 4) is 0 Å². The van der Waals surface area contributed by atoms with Gasteiger partial charge in [0, 0.05) is 5.39 Å². The summed E-state index contributed by atoms with van der Waals surface area (Å²) in [5.41, 5.74) is -0.538. The molecular formula is C11H9F3N2O2. The van der Waals surface area contributed by atoms with Crippen LogP contribution < -0.4 is 0 Å². The molecule has 0 atom stereocenters. The molecule has 0 aliphatic carbocycles. The molecule has 0 amide bonds. The van der Waals surface area contributed by atoms with Crippen molar-refractivity contribution < 1.29 is 22.7 Å². The van der Waals surface area contributed by atoms with Crippen LogP contribution in [0, 0.1) is 0 Å². The fourth-order valence-corrected chi connectivity index (χ4v) is 1.51. The van der Waals surface area contributed by atoms with E-state index in [2.05, 4.69) is 9.97 Å². The maximum Gasteiger partial charge on any atom is 0.433 e. The van der Waals surface area contributed by atoms with Gasteiger partial charge in [0.05, 0.1) is 18.3 Å². The van der Waals surface area contributed by atoms with Crippen LogP contribution in [0.4, 0.5) is 13.2 Å². The third-order valence-corrected chi connectivity index (χ3v) is 2.29. The molecule has 0 radical (unpaired) electrons. The number of esters is 1. The van der Waals surface area contributed by atoms with Crippen LogP contribution in [0.3, 0.4) is 0 Å². The van der Waals surface area contributed by atoms with E-state index in [1.165, 1.54) is 6.07 Å². The SMILES string of the molecule is CCOC(=O)c1cc2cc(C(F)(F)F)ncc2[nH]1. The zero-order valence-electron chi connectivity index (χ0n) is 9.34. The number of fused-ring (bicyclic) bond motifs is 1. The molecule has 0 fully saturated rings. The number of nitrogens with one attached hydrogen (secondary N) is 1. The van der Waals surface area contributed by atoms with Crippen LogP contribution in [0.25, 0.3) is 10.9 Å². The highest BCUT2D eigenvalue weighted by atomic mass is 19.4. The Bertz CT molecular complexity index is 589. The van der Waals surface area contributed by atoms with Gasteiger partial charge in [-0.2, -0.15) is 13.2 Å². The molecule has 0 saturated carbocycles. The monoisotopic (exact) mass is 258 g/mol. The Balaban J connectivity index is 2.43. The molecule has 0 aliphatic heterocycles. The van der Waals surface area contributed by atoms with Gasteiger partial charge in [0.15, 0.2) is 0 Å². The van der Waals surface area contributed by atoms with Crippen LogP contribution in [-0.4, -0.2) is 22.5 Å². The smallest absolute Gasteiger partial charge is 0.433 e. The van der Waals surface area contributed by atoms with Crippen LogP contribution >= 0.6 is 0 Å². The zero-order chi connectivity index (χ0) is 13.3. The summed E-state index contributed by atoms with van der Waals surface area (Å²) < 4.78 is 42.1. The summed E-state index contributed by atoms with van der Waals surface area (Å²) in [6, 6.07) is 2.19. The number of carbonyl (C=O) groups excluding carboxylic acids is 1. The molecule has 0 bridgehead atoms. The van der Waals surface area contributed by atoms with Gasteiger partial charge in [-0.15, -0.1) is 0 Å². The number of pyridine rings is 1. The highest BCUT2D eigenvalue weighted by Gasteiger charge is 2.32. The van der Waals surface area contributed by atoms with E-state index in [-0.39, 0.29) is 17.7 Å². The maximum absolute atomic E-state index is 12.4. The molecule has 0 unspecified atom stereocenters. The first-order valence-electron chi connectivity index (χ1n) is 5.15. The maximum atomic E-state index is 12.4. The van der Waals surface area contributed by atoms with Crippen molar-refractivity contribution in [2.75, 3.05) is 6.61 Å². The second-order valence-electron chi connectivity index (χ2n) is 3.56. The van der Waals surface area contributed by atoms with Crippen LogP contribution in [0.1, 0.15) is 23.1 Å². The summed E-state index contributed by atoms with van der Waals surface area (Å²) in [5, 5.41) is 0.264. The molecule has 2 aromatic rings. The molecular weight excluding hydrogens is 249 g/mol. The van der Waals surface area contributed by atoms with Crippen molar-refractivity contribution in [3.05, 3.63) is 29.7 Å². The molecule has 7 heteroatoms. The molecule has 0 spiro atoms. The van der Waals surface area contributed by atoms with Crippen LogP contribution in [0.5, 0.6) is 0 Å². The zero-order valence-corrected chi connectivity index (χ0v) is 9.34. The number of H-pyrrole nitrogens is 1. The third kappa shape index (κ3) is 2.29. The number of aromatic amines is 1. The van der Waals surface area contributed by atoms with Gasteiger partial charge in [0.25, 0.3) is 0 Å². The summed E-state index contributed by atoms with van der Waals surface area (Å²) >= 11 is 0. The molecule has 2 heterocycles. The van der Waals surface area contributed by atoms with E-state index in [0.29, 0.717) is 5.52 Å². The first-order valence-corrected chi connectivity index (χ1v) is 5.15. The van der Waals surface area contributed by atoms with E-state index in [0.717, 1.165) is 12.3 Å². The Kier molecular flexibility index (Phi) is 2.98.